The highest BCUT2D eigenvalue weighted by molar-refractivity contribution is 7.22. The maximum Gasteiger partial charge on any atom is 0.190 e. The van der Waals surface area contributed by atoms with E-state index in [9.17, 15) is 0 Å². The normalized spacial score (nSPS) is 10.6. The lowest BCUT2D eigenvalue weighted by molar-refractivity contribution is 0.356. The lowest BCUT2D eigenvalue weighted by atomic mass is 10.1. The van der Waals surface area contributed by atoms with Crippen molar-refractivity contribution >= 4 is 43.2 Å². The fourth-order valence-corrected chi connectivity index (χ4v) is 4.24. The van der Waals surface area contributed by atoms with Crippen molar-refractivity contribution in [1.82, 2.24) is 9.97 Å². The van der Waals surface area contributed by atoms with Crippen molar-refractivity contribution in [3.8, 4) is 28.8 Å². The van der Waals surface area contributed by atoms with Crippen LogP contribution in [0.1, 0.15) is 5.56 Å². The molecule has 0 bridgehead atoms. The monoisotopic (exact) mass is 394 g/mol. The SMILES string of the molecule is COc1cc2nc(Nc3nc(-c4ccc(C#N)cc4)cs3)sc2cc1OC. The number of methoxy groups -OCH3 is 2. The molecule has 0 fully saturated rings. The van der Waals surface area contributed by atoms with Crippen LogP contribution in [-0.2, 0) is 0 Å². The lowest BCUT2D eigenvalue weighted by Crippen LogP contribution is -1.90. The summed E-state index contributed by atoms with van der Waals surface area (Å²) in [5, 5.41) is 15.6. The number of rotatable bonds is 5. The molecule has 2 heterocycles. The number of fused-ring (bicyclic) bond motifs is 1. The summed E-state index contributed by atoms with van der Waals surface area (Å²) in [4.78, 5) is 9.21. The predicted octanol–water partition coefficient (Wildman–Crippen LogP) is 5.05. The Hall–Kier alpha value is -3.15. The molecule has 134 valence electrons. The smallest absolute Gasteiger partial charge is 0.190 e. The summed E-state index contributed by atoms with van der Waals surface area (Å²) in [7, 11) is 3.22. The Morgan fingerprint density at radius 1 is 1.00 bits per heavy atom. The first-order chi connectivity index (χ1) is 13.2. The molecular formula is C19H14N4O2S2. The highest BCUT2D eigenvalue weighted by atomic mass is 32.1. The van der Waals surface area contributed by atoms with Gasteiger partial charge in [-0.25, -0.2) is 9.97 Å². The van der Waals surface area contributed by atoms with Crippen LogP contribution < -0.4 is 14.8 Å². The van der Waals surface area contributed by atoms with Crippen molar-refractivity contribution in [1.29, 1.82) is 5.26 Å². The Balaban J connectivity index is 1.59. The summed E-state index contributed by atoms with van der Waals surface area (Å²) in [6.07, 6.45) is 0. The molecule has 2 aromatic heterocycles. The van der Waals surface area contributed by atoms with Crippen molar-refractivity contribution in [3.05, 3.63) is 47.3 Å². The van der Waals surface area contributed by atoms with Gasteiger partial charge in [-0.2, -0.15) is 5.26 Å². The number of hydrogen-bond donors (Lipinski definition) is 1. The Morgan fingerprint density at radius 2 is 1.74 bits per heavy atom. The molecule has 8 heteroatoms. The molecule has 0 aliphatic rings. The second-order valence-corrected chi connectivity index (χ2v) is 7.43. The van der Waals surface area contributed by atoms with E-state index in [4.69, 9.17) is 14.7 Å². The van der Waals surface area contributed by atoms with E-state index in [0.717, 1.165) is 31.7 Å². The largest absolute Gasteiger partial charge is 0.493 e. The van der Waals surface area contributed by atoms with Crippen LogP contribution >= 0.6 is 22.7 Å². The number of hydrogen-bond acceptors (Lipinski definition) is 8. The van der Waals surface area contributed by atoms with Gasteiger partial charge in [0.05, 0.1) is 41.8 Å². The van der Waals surface area contributed by atoms with Crippen molar-refractivity contribution in [2.75, 3.05) is 19.5 Å². The van der Waals surface area contributed by atoms with E-state index in [-0.39, 0.29) is 0 Å². The highest BCUT2D eigenvalue weighted by Gasteiger charge is 2.12. The first-order valence-corrected chi connectivity index (χ1v) is 9.65. The summed E-state index contributed by atoms with van der Waals surface area (Å²) in [6.45, 7) is 0. The number of nitrogens with one attached hydrogen (secondary N) is 1. The van der Waals surface area contributed by atoms with Gasteiger partial charge >= 0.3 is 0 Å². The third-order valence-corrected chi connectivity index (χ3v) is 5.61. The maximum absolute atomic E-state index is 8.90. The summed E-state index contributed by atoms with van der Waals surface area (Å²) < 4.78 is 11.7. The molecule has 0 radical (unpaired) electrons. The maximum atomic E-state index is 8.90. The van der Waals surface area contributed by atoms with Crippen LogP contribution in [0.3, 0.4) is 0 Å². The van der Waals surface area contributed by atoms with Gasteiger partial charge in [-0.05, 0) is 12.1 Å². The Morgan fingerprint density at radius 3 is 2.44 bits per heavy atom. The lowest BCUT2D eigenvalue weighted by Gasteiger charge is -2.05. The molecule has 0 spiro atoms. The van der Waals surface area contributed by atoms with Gasteiger partial charge in [-0.3, -0.25) is 0 Å². The number of ether oxygens (including phenoxy) is 2. The molecule has 4 aromatic rings. The second-order valence-electron chi connectivity index (χ2n) is 5.55. The summed E-state index contributed by atoms with van der Waals surface area (Å²) in [6, 6.07) is 13.3. The molecule has 0 atom stereocenters. The molecule has 0 aliphatic heterocycles. The minimum Gasteiger partial charge on any atom is -0.493 e. The minimum atomic E-state index is 0.632. The van der Waals surface area contributed by atoms with Gasteiger partial charge in [0.2, 0.25) is 0 Å². The van der Waals surface area contributed by atoms with Crippen LogP contribution in [0.4, 0.5) is 10.3 Å². The van der Waals surface area contributed by atoms with Crippen LogP contribution in [0.15, 0.2) is 41.8 Å². The van der Waals surface area contributed by atoms with E-state index in [0.29, 0.717) is 17.1 Å². The van der Waals surface area contributed by atoms with E-state index in [2.05, 4.69) is 21.4 Å². The molecule has 0 unspecified atom stereocenters. The van der Waals surface area contributed by atoms with Crippen molar-refractivity contribution in [2.24, 2.45) is 0 Å². The number of nitrogens with zero attached hydrogens (tertiary/aromatic N) is 3. The third-order valence-electron chi connectivity index (χ3n) is 3.92. The molecule has 27 heavy (non-hydrogen) atoms. The average molecular weight is 394 g/mol. The third kappa shape index (κ3) is 3.43. The van der Waals surface area contributed by atoms with Gasteiger partial charge in [0.1, 0.15) is 0 Å². The highest BCUT2D eigenvalue weighted by Crippen LogP contribution is 2.37. The molecule has 2 aromatic carbocycles. The number of benzene rings is 2. The molecular weight excluding hydrogens is 380 g/mol. The van der Waals surface area contributed by atoms with Crippen LogP contribution in [0, 0.1) is 11.3 Å². The molecule has 4 rings (SSSR count). The van der Waals surface area contributed by atoms with Gasteiger partial charge in [-0.15, -0.1) is 11.3 Å². The number of anilines is 2. The van der Waals surface area contributed by atoms with Crippen LogP contribution in [0.25, 0.3) is 21.5 Å². The van der Waals surface area contributed by atoms with Crippen molar-refractivity contribution in [2.45, 2.75) is 0 Å². The molecule has 0 aliphatic carbocycles. The van der Waals surface area contributed by atoms with E-state index in [1.54, 1.807) is 26.4 Å². The Labute approximate surface area is 163 Å². The van der Waals surface area contributed by atoms with Gasteiger partial charge < -0.3 is 14.8 Å². The van der Waals surface area contributed by atoms with E-state index in [1.165, 1.54) is 22.7 Å². The van der Waals surface area contributed by atoms with Crippen molar-refractivity contribution < 1.29 is 9.47 Å². The Bertz CT molecular complexity index is 1100. The standard InChI is InChI=1S/C19H14N4O2S2/c1-24-15-7-13-17(8-16(15)25-2)27-19(21-13)23-18-22-14(10-26-18)12-5-3-11(9-20)4-6-12/h3-8,10H,1-2H3,(H,21,22,23). The Kier molecular flexibility index (Phi) is 4.62. The van der Waals surface area contributed by atoms with Crippen molar-refractivity contribution in [3.63, 3.8) is 0 Å². The van der Waals surface area contributed by atoms with Gasteiger partial charge in [-0.1, -0.05) is 23.5 Å². The predicted molar refractivity (Wildman–Crippen MR) is 108 cm³/mol. The van der Waals surface area contributed by atoms with Gasteiger partial charge in [0, 0.05) is 23.1 Å². The summed E-state index contributed by atoms with van der Waals surface area (Å²) in [5.74, 6) is 1.33. The van der Waals surface area contributed by atoms with Gasteiger partial charge in [0.25, 0.3) is 0 Å². The zero-order valence-electron chi connectivity index (χ0n) is 14.5. The van der Waals surface area contributed by atoms with E-state index in [1.807, 2.05) is 29.6 Å². The molecule has 6 nitrogen and oxygen atoms in total. The minimum absolute atomic E-state index is 0.632. The number of aromatic nitrogens is 2. The van der Waals surface area contributed by atoms with E-state index < -0.39 is 0 Å². The molecule has 0 amide bonds. The van der Waals surface area contributed by atoms with Gasteiger partial charge in [0.15, 0.2) is 21.8 Å². The fourth-order valence-electron chi connectivity index (χ4n) is 2.58. The first kappa shape index (κ1) is 17.3. The van der Waals surface area contributed by atoms with Crippen LogP contribution in [0.2, 0.25) is 0 Å². The van der Waals surface area contributed by atoms with E-state index >= 15 is 0 Å². The molecule has 0 saturated heterocycles. The fraction of sp³-hybridized carbons (Fsp3) is 0.105. The van der Waals surface area contributed by atoms with Crippen LogP contribution in [0.5, 0.6) is 11.5 Å². The zero-order valence-corrected chi connectivity index (χ0v) is 16.1. The topological polar surface area (TPSA) is 80.1 Å². The first-order valence-electron chi connectivity index (χ1n) is 7.96. The van der Waals surface area contributed by atoms with Crippen LogP contribution in [-0.4, -0.2) is 24.2 Å². The summed E-state index contributed by atoms with van der Waals surface area (Å²) in [5.41, 5.74) is 3.30. The molecule has 1 N–H and O–H groups in total. The number of thiazole rings is 2. The zero-order chi connectivity index (χ0) is 18.8. The summed E-state index contributed by atoms with van der Waals surface area (Å²) >= 11 is 3.03. The number of nitriles is 1. The quantitative estimate of drug-likeness (QED) is 0.510. The second kappa shape index (κ2) is 7.23. The molecule has 0 saturated carbocycles. The average Bonchev–Trinajstić information content (AvgIpc) is 3.33.